The number of methoxy groups -OCH3 is 1. The Bertz CT molecular complexity index is 707. The number of carbonyl (C=O) groups is 1. The number of nitrogens with zero attached hydrogens (tertiary/aromatic N) is 2. The number of anilines is 1. The van der Waals surface area contributed by atoms with E-state index < -0.39 is 0 Å². The van der Waals surface area contributed by atoms with Crippen molar-refractivity contribution in [3.63, 3.8) is 0 Å². The van der Waals surface area contributed by atoms with Crippen LogP contribution in [0.1, 0.15) is 38.7 Å². The lowest BCUT2D eigenvalue weighted by molar-refractivity contribution is -0.116. The number of amides is 1. The number of hydrogen-bond donors (Lipinski definition) is 1. The number of thioether (sulfide) groups is 1. The molecule has 0 radical (unpaired) electrons. The average Bonchev–Trinajstić information content (AvgIpc) is 3.08. The highest BCUT2D eigenvalue weighted by molar-refractivity contribution is 8.01. The number of rotatable bonds is 11. The first-order valence-corrected chi connectivity index (χ1v) is 10.5. The molecule has 0 aliphatic rings. The molecule has 1 aromatic heterocycles. The van der Waals surface area contributed by atoms with Gasteiger partial charge in [0.1, 0.15) is 0 Å². The van der Waals surface area contributed by atoms with Crippen LogP contribution >= 0.6 is 23.1 Å². The number of aryl methyl sites for hydroxylation is 1. The quantitative estimate of drug-likeness (QED) is 0.345. The van der Waals surface area contributed by atoms with E-state index in [0.717, 1.165) is 28.5 Å². The Morgan fingerprint density at radius 1 is 1.27 bits per heavy atom. The van der Waals surface area contributed by atoms with Crippen LogP contribution < -0.4 is 14.8 Å². The van der Waals surface area contributed by atoms with Crippen LogP contribution in [0.25, 0.3) is 0 Å². The van der Waals surface area contributed by atoms with Gasteiger partial charge in [-0.2, -0.15) is 0 Å². The zero-order valence-corrected chi connectivity index (χ0v) is 17.0. The van der Waals surface area contributed by atoms with Crippen molar-refractivity contribution in [2.75, 3.05) is 24.8 Å². The van der Waals surface area contributed by atoms with Gasteiger partial charge < -0.3 is 14.8 Å². The van der Waals surface area contributed by atoms with Gasteiger partial charge in [-0.15, -0.1) is 10.2 Å². The van der Waals surface area contributed by atoms with Gasteiger partial charge in [-0.1, -0.05) is 42.5 Å². The van der Waals surface area contributed by atoms with Crippen molar-refractivity contribution >= 4 is 34.1 Å². The molecule has 1 aromatic carbocycles. The van der Waals surface area contributed by atoms with Crippen molar-refractivity contribution in [1.29, 1.82) is 0 Å². The van der Waals surface area contributed by atoms with E-state index in [2.05, 4.69) is 22.4 Å². The van der Waals surface area contributed by atoms with E-state index in [4.69, 9.17) is 9.47 Å². The molecule has 142 valence electrons. The van der Waals surface area contributed by atoms with E-state index in [9.17, 15) is 4.79 Å². The molecule has 0 saturated carbocycles. The van der Waals surface area contributed by atoms with Crippen LogP contribution in [-0.4, -0.2) is 35.6 Å². The summed E-state index contributed by atoms with van der Waals surface area (Å²) in [7, 11) is 1.61. The number of hydrogen-bond acceptors (Lipinski definition) is 7. The Kier molecular flexibility index (Phi) is 8.70. The van der Waals surface area contributed by atoms with Crippen molar-refractivity contribution in [1.82, 2.24) is 10.2 Å². The second kappa shape index (κ2) is 11.0. The van der Waals surface area contributed by atoms with Gasteiger partial charge in [0.15, 0.2) is 15.8 Å². The van der Waals surface area contributed by atoms with Crippen molar-refractivity contribution in [3.8, 4) is 11.5 Å². The second-order valence-electron chi connectivity index (χ2n) is 5.54. The molecule has 26 heavy (non-hydrogen) atoms. The predicted molar refractivity (Wildman–Crippen MR) is 107 cm³/mol. The summed E-state index contributed by atoms with van der Waals surface area (Å²) in [5.41, 5.74) is 1.02. The summed E-state index contributed by atoms with van der Waals surface area (Å²) in [6.45, 7) is 4.67. The van der Waals surface area contributed by atoms with Gasteiger partial charge in [0.2, 0.25) is 11.0 Å². The molecule has 1 N–H and O–H groups in total. The zero-order chi connectivity index (χ0) is 18.8. The maximum atomic E-state index is 12.1. The first kappa shape index (κ1) is 20.5. The minimum absolute atomic E-state index is 0.0703. The fourth-order valence-electron chi connectivity index (χ4n) is 2.20. The van der Waals surface area contributed by atoms with E-state index in [-0.39, 0.29) is 5.91 Å². The lowest BCUT2D eigenvalue weighted by Crippen LogP contribution is -2.12. The Balaban J connectivity index is 1.83. The standard InChI is InChI=1S/C18H25N3O3S2/c1-4-6-11-25-18-21-20-17(26-18)19-16(22)10-8-13-7-9-14(24-5-2)15(12-13)23-3/h7,9,12H,4-6,8,10-11H2,1-3H3,(H,19,20,22). The number of aromatic nitrogens is 2. The van der Waals surface area contributed by atoms with Crippen LogP contribution in [0.15, 0.2) is 22.5 Å². The van der Waals surface area contributed by atoms with Gasteiger partial charge in [-0.25, -0.2) is 0 Å². The van der Waals surface area contributed by atoms with E-state index in [1.54, 1.807) is 18.9 Å². The maximum Gasteiger partial charge on any atom is 0.226 e. The van der Waals surface area contributed by atoms with Gasteiger partial charge in [0, 0.05) is 12.2 Å². The Morgan fingerprint density at radius 3 is 2.85 bits per heavy atom. The summed E-state index contributed by atoms with van der Waals surface area (Å²) in [6.07, 6.45) is 3.30. The number of ether oxygens (including phenoxy) is 2. The molecule has 2 aromatic rings. The summed E-state index contributed by atoms with van der Waals surface area (Å²) in [4.78, 5) is 12.1. The van der Waals surface area contributed by atoms with E-state index in [1.165, 1.54) is 11.3 Å². The van der Waals surface area contributed by atoms with Crippen molar-refractivity contribution < 1.29 is 14.3 Å². The molecule has 1 amide bonds. The van der Waals surface area contributed by atoms with Crippen LogP contribution in [0.4, 0.5) is 5.13 Å². The third-order valence-corrected chi connectivity index (χ3v) is 5.60. The molecule has 2 rings (SSSR count). The molecular formula is C18H25N3O3S2. The van der Waals surface area contributed by atoms with Gasteiger partial charge in [0.05, 0.1) is 13.7 Å². The first-order valence-electron chi connectivity index (χ1n) is 8.72. The number of unbranched alkanes of at least 4 members (excludes halogenated alkanes) is 1. The molecule has 0 unspecified atom stereocenters. The van der Waals surface area contributed by atoms with Crippen LogP contribution in [-0.2, 0) is 11.2 Å². The monoisotopic (exact) mass is 395 g/mol. The van der Waals surface area contributed by atoms with Gasteiger partial charge >= 0.3 is 0 Å². The molecular weight excluding hydrogens is 370 g/mol. The third kappa shape index (κ3) is 6.49. The molecule has 1 heterocycles. The minimum Gasteiger partial charge on any atom is -0.493 e. The lowest BCUT2D eigenvalue weighted by atomic mass is 10.1. The first-order chi connectivity index (χ1) is 12.7. The second-order valence-corrected chi connectivity index (χ2v) is 7.86. The molecule has 0 aliphatic heterocycles. The molecule has 0 atom stereocenters. The fraction of sp³-hybridized carbons (Fsp3) is 0.500. The SMILES string of the molecule is CCCCSc1nnc(NC(=O)CCc2ccc(OCC)c(OC)c2)s1. The van der Waals surface area contributed by atoms with Crippen LogP contribution in [0.5, 0.6) is 11.5 Å². The molecule has 6 nitrogen and oxygen atoms in total. The highest BCUT2D eigenvalue weighted by Crippen LogP contribution is 2.29. The summed E-state index contributed by atoms with van der Waals surface area (Å²) in [5, 5.41) is 11.5. The normalized spacial score (nSPS) is 10.6. The van der Waals surface area contributed by atoms with Gasteiger partial charge in [-0.05, 0) is 37.5 Å². The Labute approximate surface area is 162 Å². The Hall–Kier alpha value is -1.80. The lowest BCUT2D eigenvalue weighted by Gasteiger charge is -2.10. The van der Waals surface area contributed by atoms with Crippen LogP contribution in [0.3, 0.4) is 0 Å². The number of benzene rings is 1. The van der Waals surface area contributed by atoms with Crippen molar-refractivity contribution in [3.05, 3.63) is 23.8 Å². The molecule has 0 aliphatic carbocycles. The smallest absolute Gasteiger partial charge is 0.226 e. The Morgan fingerprint density at radius 2 is 2.12 bits per heavy atom. The van der Waals surface area contributed by atoms with Crippen molar-refractivity contribution in [2.45, 2.75) is 43.9 Å². The van der Waals surface area contributed by atoms with Gasteiger partial charge in [-0.3, -0.25) is 4.79 Å². The summed E-state index contributed by atoms with van der Waals surface area (Å²) in [6, 6.07) is 5.74. The third-order valence-electron chi connectivity index (χ3n) is 3.54. The summed E-state index contributed by atoms with van der Waals surface area (Å²) in [5.74, 6) is 2.35. The maximum absolute atomic E-state index is 12.1. The fourth-order valence-corrected chi connectivity index (χ4v) is 4.13. The van der Waals surface area contributed by atoms with Crippen LogP contribution in [0.2, 0.25) is 0 Å². The average molecular weight is 396 g/mol. The highest BCUT2D eigenvalue weighted by atomic mass is 32.2. The highest BCUT2D eigenvalue weighted by Gasteiger charge is 2.10. The largest absolute Gasteiger partial charge is 0.493 e. The van der Waals surface area contributed by atoms with Gasteiger partial charge in [0.25, 0.3) is 0 Å². The van der Waals surface area contributed by atoms with E-state index in [0.29, 0.717) is 36.1 Å². The number of carbonyl (C=O) groups excluding carboxylic acids is 1. The molecule has 8 heteroatoms. The van der Waals surface area contributed by atoms with Crippen molar-refractivity contribution in [2.24, 2.45) is 0 Å². The summed E-state index contributed by atoms with van der Waals surface area (Å²) < 4.78 is 11.7. The predicted octanol–water partition coefficient (Wildman–Crippen LogP) is 4.41. The molecule has 0 bridgehead atoms. The molecule has 0 saturated heterocycles. The minimum atomic E-state index is -0.0703. The topological polar surface area (TPSA) is 73.3 Å². The molecule has 0 spiro atoms. The van der Waals surface area contributed by atoms with Crippen LogP contribution in [0, 0.1) is 0 Å². The summed E-state index contributed by atoms with van der Waals surface area (Å²) >= 11 is 3.10. The van der Waals surface area contributed by atoms with E-state index >= 15 is 0 Å². The molecule has 0 fully saturated rings. The van der Waals surface area contributed by atoms with E-state index in [1.807, 2.05) is 25.1 Å². The zero-order valence-electron chi connectivity index (χ0n) is 15.4. The number of nitrogens with one attached hydrogen (secondary N) is 1.